The second kappa shape index (κ2) is 5.30. The highest BCUT2D eigenvalue weighted by Crippen LogP contribution is 2.20. The monoisotopic (exact) mass is 299 g/mol. The maximum atomic E-state index is 12.9. The predicted molar refractivity (Wildman–Crippen MR) is 84.3 cm³/mol. The summed E-state index contributed by atoms with van der Waals surface area (Å²) >= 11 is 6.18. The molecule has 3 rings (SSSR count). The smallest absolute Gasteiger partial charge is 0.267 e. The molecule has 5 heteroatoms. The Morgan fingerprint density at radius 3 is 2.81 bits per heavy atom. The fourth-order valence-electron chi connectivity index (χ4n) is 2.40. The maximum Gasteiger partial charge on any atom is 0.267 e. The number of aromatic nitrogens is 3. The van der Waals surface area contributed by atoms with Crippen molar-refractivity contribution >= 4 is 22.5 Å². The van der Waals surface area contributed by atoms with Crippen LogP contribution in [-0.4, -0.2) is 14.5 Å². The summed E-state index contributed by atoms with van der Waals surface area (Å²) in [6, 6.07) is 7.23. The lowest BCUT2D eigenvalue weighted by Crippen LogP contribution is -2.24. The second-order valence-corrected chi connectivity index (χ2v) is 5.28. The number of benzene rings is 1. The summed E-state index contributed by atoms with van der Waals surface area (Å²) in [4.78, 5) is 21.6. The first-order chi connectivity index (χ1) is 10.1. The molecule has 2 aromatic heterocycles. The second-order valence-electron chi connectivity index (χ2n) is 4.88. The van der Waals surface area contributed by atoms with Crippen LogP contribution in [0.4, 0.5) is 0 Å². The zero-order valence-corrected chi connectivity index (χ0v) is 12.6. The van der Waals surface area contributed by atoms with Gasteiger partial charge in [0.15, 0.2) is 0 Å². The van der Waals surface area contributed by atoms with Crippen LogP contribution in [0.1, 0.15) is 18.3 Å². The number of hydrogen-bond acceptors (Lipinski definition) is 3. The van der Waals surface area contributed by atoms with Crippen LogP contribution < -0.4 is 5.56 Å². The van der Waals surface area contributed by atoms with Crippen LogP contribution in [0.25, 0.3) is 16.6 Å². The van der Waals surface area contributed by atoms with E-state index < -0.39 is 0 Å². The molecule has 0 amide bonds. The molecule has 0 unspecified atom stereocenters. The van der Waals surface area contributed by atoms with Crippen LogP contribution in [0.2, 0.25) is 5.02 Å². The Balaban J connectivity index is 2.44. The molecular weight excluding hydrogens is 286 g/mol. The van der Waals surface area contributed by atoms with Crippen molar-refractivity contribution in [2.24, 2.45) is 0 Å². The molecule has 0 saturated heterocycles. The van der Waals surface area contributed by atoms with Crippen molar-refractivity contribution in [1.82, 2.24) is 14.5 Å². The molecule has 106 valence electrons. The third-order valence-corrected chi connectivity index (χ3v) is 3.67. The third-order valence-electron chi connectivity index (χ3n) is 3.35. The van der Waals surface area contributed by atoms with Crippen molar-refractivity contribution in [2.75, 3.05) is 0 Å². The summed E-state index contributed by atoms with van der Waals surface area (Å²) in [5.74, 6) is 0.696. The van der Waals surface area contributed by atoms with Crippen molar-refractivity contribution < 1.29 is 0 Å². The average molecular weight is 300 g/mol. The molecule has 0 radical (unpaired) electrons. The molecule has 3 aromatic rings. The molecule has 1 aromatic carbocycles. The Bertz CT molecular complexity index is 886. The summed E-state index contributed by atoms with van der Waals surface area (Å²) in [6.07, 6.45) is 4.06. The highest BCUT2D eigenvalue weighted by molar-refractivity contribution is 6.35. The number of nitrogens with zero attached hydrogens (tertiary/aromatic N) is 3. The lowest BCUT2D eigenvalue weighted by Gasteiger charge is -2.13. The van der Waals surface area contributed by atoms with Crippen LogP contribution in [0.15, 0.2) is 41.5 Å². The van der Waals surface area contributed by atoms with E-state index in [1.807, 2.05) is 19.9 Å². The Morgan fingerprint density at radius 1 is 1.29 bits per heavy atom. The van der Waals surface area contributed by atoms with Gasteiger partial charge in [-0.2, -0.15) is 0 Å². The van der Waals surface area contributed by atoms with E-state index in [0.717, 1.165) is 5.56 Å². The van der Waals surface area contributed by atoms with Gasteiger partial charge in [-0.05, 0) is 30.7 Å². The zero-order chi connectivity index (χ0) is 15.0. The summed E-state index contributed by atoms with van der Waals surface area (Å²) in [6.45, 7) is 3.91. The van der Waals surface area contributed by atoms with Gasteiger partial charge in [0.05, 0.1) is 27.8 Å². The van der Waals surface area contributed by atoms with Gasteiger partial charge in [0.1, 0.15) is 5.82 Å². The first kappa shape index (κ1) is 13.8. The molecule has 2 heterocycles. The van der Waals surface area contributed by atoms with Crippen molar-refractivity contribution in [2.45, 2.75) is 20.3 Å². The Kier molecular flexibility index (Phi) is 3.47. The SMILES string of the molecule is CCc1nc2cccc(Cl)c2c(=O)n1-c1cncc(C)c1. The molecule has 4 nitrogen and oxygen atoms in total. The van der Waals surface area contributed by atoms with Gasteiger partial charge in [-0.25, -0.2) is 4.98 Å². The molecular formula is C16H14ClN3O. The standard InChI is InChI=1S/C16H14ClN3O/c1-3-14-19-13-6-4-5-12(17)15(13)16(21)20(14)11-7-10(2)8-18-9-11/h4-9H,3H2,1-2H3. The summed E-state index contributed by atoms with van der Waals surface area (Å²) in [7, 11) is 0. The minimum Gasteiger partial charge on any atom is -0.268 e. The van der Waals surface area contributed by atoms with E-state index in [-0.39, 0.29) is 5.56 Å². The molecule has 0 aliphatic heterocycles. The zero-order valence-electron chi connectivity index (χ0n) is 11.8. The van der Waals surface area contributed by atoms with Crippen molar-refractivity contribution in [3.05, 3.63) is 63.4 Å². The maximum absolute atomic E-state index is 12.9. The van der Waals surface area contributed by atoms with Crippen LogP contribution in [0, 0.1) is 6.92 Å². The summed E-state index contributed by atoms with van der Waals surface area (Å²) in [5, 5.41) is 0.861. The lowest BCUT2D eigenvalue weighted by atomic mass is 10.2. The summed E-state index contributed by atoms with van der Waals surface area (Å²) in [5.41, 5.74) is 2.17. The van der Waals surface area contributed by atoms with Crippen LogP contribution in [-0.2, 0) is 6.42 Å². The van der Waals surface area contributed by atoms with Crippen molar-refractivity contribution in [1.29, 1.82) is 0 Å². The van der Waals surface area contributed by atoms with Gasteiger partial charge in [0, 0.05) is 12.6 Å². The first-order valence-electron chi connectivity index (χ1n) is 6.74. The Labute approximate surface area is 127 Å². The summed E-state index contributed by atoms with van der Waals surface area (Å²) < 4.78 is 1.59. The molecule has 0 spiro atoms. The van der Waals surface area contributed by atoms with E-state index in [9.17, 15) is 4.79 Å². The number of hydrogen-bond donors (Lipinski definition) is 0. The Morgan fingerprint density at radius 2 is 2.10 bits per heavy atom. The fourth-order valence-corrected chi connectivity index (χ4v) is 2.65. The van der Waals surface area contributed by atoms with Gasteiger partial charge in [-0.1, -0.05) is 24.6 Å². The van der Waals surface area contributed by atoms with E-state index in [4.69, 9.17) is 11.6 Å². The number of pyridine rings is 1. The largest absolute Gasteiger partial charge is 0.268 e. The average Bonchev–Trinajstić information content (AvgIpc) is 2.46. The fraction of sp³-hybridized carbons (Fsp3) is 0.188. The molecule has 0 bridgehead atoms. The minimum absolute atomic E-state index is 0.158. The van der Waals surface area contributed by atoms with E-state index in [0.29, 0.717) is 33.9 Å². The first-order valence-corrected chi connectivity index (χ1v) is 7.11. The minimum atomic E-state index is -0.158. The van der Waals surface area contributed by atoms with Crippen molar-refractivity contribution in [3.8, 4) is 5.69 Å². The van der Waals surface area contributed by atoms with Crippen LogP contribution in [0.5, 0.6) is 0 Å². The van der Waals surface area contributed by atoms with Gasteiger partial charge in [-0.15, -0.1) is 0 Å². The van der Waals surface area contributed by atoms with E-state index in [1.165, 1.54) is 0 Å². The molecule has 0 aliphatic rings. The van der Waals surface area contributed by atoms with Gasteiger partial charge < -0.3 is 0 Å². The Hall–Kier alpha value is -2.20. The van der Waals surface area contributed by atoms with Gasteiger partial charge in [0.2, 0.25) is 0 Å². The molecule has 21 heavy (non-hydrogen) atoms. The molecule has 0 saturated carbocycles. The van der Waals surface area contributed by atoms with Crippen LogP contribution >= 0.6 is 11.6 Å². The number of aryl methyl sites for hydroxylation is 2. The third kappa shape index (κ3) is 2.32. The number of fused-ring (bicyclic) bond motifs is 1. The topological polar surface area (TPSA) is 47.8 Å². The normalized spacial score (nSPS) is 11.0. The van der Waals surface area contributed by atoms with E-state index >= 15 is 0 Å². The van der Waals surface area contributed by atoms with E-state index in [2.05, 4.69) is 9.97 Å². The predicted octanol–water partition coefficient (Wildman–Crippen LogP) is 3.30. The van der Waals surface area contributed by atoms with Gasteiger partial charge in [0.25, 0.3) is 5.56 Å². The number of rotatable bonds is 2. The molecule has 0 fully saturated rings. The highest BCUT2D eigenvalue weighted by atomic mass is 35.5. The quantitative estimate of drug-likeness (QED) is 0.729. The molecule has 0 aliphatic carbocycles. The van der Waals surface area contributed by atoms with Gasteiger partial charge >= 0.3 is 0 Å². The number of halogens is 1. The van der Waals surface area contributed by atoms with E-state index in [1.54, 1.807) is 35.2 Å². The van der Waals surface area contributed by atoms with Crippen LogP contribution in [0.3, 0.4) is 0 Å². The highest BCUT2D eigenvalue weighted by Gasteiger charge is 2.14. The lowest BCUT2D eigenvalue weighted by molar-refractivity contribution is 0.828. The molecule has 0 atom stereocenters. The van der Waals surface area contributed by atoms with Gasteiger partial charge in [-0.3, -0.25) is 14.3 Å². The van der Waals surface area contributed by atoms with Crippen molar-refractivity contribution in [3.63, 3.8) is 0 Å². The molecule has 0 N–H and O–H groups in total.